The van der Waals surface area contributed by atoms with Gasteiger partial charge in [0.05, 0.1) is 0 Å². The second-order valence-corrected chi connectivity index (χ2v) is 10.3. The average molecular weight is 445 g/mol. The molecular formula is C34H20O. The minimum Gasteiger partial charge on any atom is -0.294 e. The lowest BCUT2D eigenvalue weighted by molar-refractivity contribution is -0.113. The summed E-state index contributed by atoms with van der Waals surface area (Å²) in [5.41, 5.74) is 10.1. The minimum absolute atomic E-state index is 0.252. The Morgan fingerprint density at radius 1 is 0.514 bits per heavy atom. The first kappa shape index (κ1) is 18.1. The number of allylic oxidation sites excluding steroid dienone is 4. The van der Waals surface area contributed by atoms with E-state index in [-0.39, 0.29) is 5.78 Å². The lowest BCUT2D eigenvalue weighted by Crippen LogP contribution is -2.13. The van der Waals surface area contributed by atoms with E-state index in [4.69, 9.17) is 0 Å². The number of Topliss-reactive ketones (excluding diaryl/α,β-unsaturated/α-hetero) is 1. The first-order valence-corrected chi connectivity index (χ1v) is 12.5. The number of fused-ring (bicyclic) bond motifs is 5. The molecule has 3 aliphatic rings. The summed E-state index contributed by atoms with van der Waals surface area (Å²) >= 11 is 0. The summed E-state index contributed by atoms with van der Waals surface area (Å²) in [5.74, 6) is 0.252. The van der Waals surface area contributed by atoms with Gasteiger partial charge < -0.3 is 0 Å². The molecule has 6 aromatic carbocycles. The Hall–Kier alpha value is -4.23. The lowest BCUT2D eigenvalue weighted by atomic mass is 9.75. The molecule has 1 nitrogen and oxygen atoms in total. The van der Waals surface area contributed by atoms with Gasteiger partial charge in [0.15, 0.2) is 5.78 Å². The molecule has 0 saturated heterocycles. The number of hydrogen-bond acceptors (Lipinski definition) is 1. The molecule has 6 aromatic rings. The third-order valence-corrected chi connectivity index (χ3v) is 8.64. The van der Waals surface area contributed by atoms with E-state index in [9.17, 15) is 4.79 Å². The third-order valence-electron chi connectivity index (χ3n) is 8.64. The Balaban J connectivity index is 1.49. The number of ketones is 1. The van der Waals surface area contributed by atoms with Crippen LogP contribution in [-0.2, 0) is 17.6 Å². The lowest BCUT2D eigenvalue weighted by Gasteiger charge is -2.27. The molecule has 1 heteroatoms. The fraction of sp³-hybridized carbons (Fsp3) is 0.0882. The molecule has 0 fully saturated rings. The number of carbonyl (C=O) groups is 1. The van der Waals surface area contributed by atoms with Crippen LogP contribution in [0.25, 0.3) is 59.8 Å². The minimum atomic E-state index is 0.252. The molecule has 0 N–H and O–H groups in total. The molecule has 162 valence electrons. The largest absolute Gasteiger partial charge is 0.294 e. The van der Waals surface area contributed by atoms with Crippen molar-refractivity contribution in [2.75, 3.05) is 0 Å². The van der Waals surface area contributed by atoms with Crippen molar-refractivity contribution in [3.63, 3.8) is 0 Å². The Labute approximate surface area is 202 Å². The van der Waals surface area contributed by atoms with E-state index in [1.54, 1.807) is 0 Å². The van der Waals surface area contributed by atoms with Crippen LogP contribution < -0.4 is 0 Å². The van der Waals surface area contributed by atoms with E-state index in [0.29, 0.717) is 6.42 Å². The van der Waals surface area contributed by atoms with Crippen LogP contribution in [0.1, 0.15) is 28.7 Å². The highest BCUT2D eigenvalue weighted by atomic mass is 16.1. The molecule has 0 heterocycles. The van der Waals surface area contributed by atoms with Gasteiger partial charge in [0.25, 0.3) is 0 Å². The molecule has 9 rings (SSSR count). The molecule has 35 heavy (non-hydrogen) atoms. The Morgan fingerprint density at radius 2 is 1.14 bits per heavy atom. The summed E-state index contributed by atoms with van der Waals surface area (Å²) in [4.78, 5) is 13.0. The van der Waals surface area contributed by atoms with E-state index in [0.717, 1.165) is 24.0 Å². The second kappa shape index (κ2) is 6.06. The monoisotopic (exact) mass is 444 g/mol. The van der Waals surface area contributed by atoms with Crippen LogP contribution in [0.4, 0.5) is 0 Å². The van der Waals surface area contributed by atoms with Crippen molar-refractivity contribution in [2.45, 2.75) is 19.3 Å². The van der Waals surface area contributed by atoms with Gasteiger partial charge in [0.2, 0.25) is 0 Å². The van der Waals surface area contributed by atoms with Gasteiger partial charge in [-0.2, -0.15) is 0 Å². The van der Waals surface area contributed by atoms with Crippen LogP contribution in [0.15, 0.2) is 90.5 Å². The molecular weight excluding hydrogens is 424 g/mol. The van der Waals surface area contributed by atoms with Gasteiger partial charge in [-0.05, 0) is 94.9 Å². The SMILES string of the molecule is O=C1CC=CC2=C1c1ccc3c4ccc5c6c(ccc(c7ccc(c1c73)C2)c64)Cc1ccccc1-5. The van der Waals surface area contributed by atoms with Crippen molar-refractivity contribution < 1.29 is 4.79 Å². The van der Waals surface area contributed by atoms with Gasteiger partial charge in [0, 0.05) is 12.0 Å². The topological polar surface area (TPSA) is 17.1 Å². The van der Waals surface area contributed by atoms with Gasteiger partial charge >= 0.3 is 0 Å². The Bertz CT molecular complexity index is 2010. The molecule has 0 atom stereocenters. The highest BCUT2D eigenvalue weighted by molar-refractivity contribution is 6.37. The number of rotatable bonds is 0. The fourth-order valence-electron chi connectivity index (χ4n) is 7.25. The molecule has 0 unspecified atom stereocenters. The van der Waals surface area contributed by atoms with E-state index < -0.39 is 0 Å². The van der Waals surface area contributed by atoms with Gasteiger partial charge in [-0.25, -0.2) is 0 Å². The molecule has 0 amide bonds. The van der Waals surface area contributed by atoms with Crippen molar-refractivity contribution in [3.8, 4) is 11.1 Å². The normalized spacial score (nSPS) is 16.1. The van der Waals surface area contributed by atoms with Crippen LogP contribution in [0.3, 0.4) is 0 Å². The van der Waals surface area contributed by atoms with Crippen LogP contribution in [0.2, 0.25) is 0 Å². The molecule has 0 aliphatic heterocycles. The van der Waals surface area contributed by atoms with Crippen molar-refractivity contribution in [1.29, 1.82) is 0 Å². The zero-order valence-electron chi connectivity index (χ0n) is 19.1. The first-order chi connectivity index (χ1) is 17.3. The maximum absolute atomic E-state index is 13.0. The standard InChI is InChI=1S/C34H20O/c35-29-7-3-5-19-17-21-9-11-25-24-10-8-20-16-18-4-1-2-6-22(18)23-12-13-26(33(24)31(20)23)27-14-15-28(30(19)29)32(21)34(25)27/h1-6,8-15H,7,16-17H2. The third kappa shape index (κ3) is 2.09. The van der Waals surface area contributed by atoms with Crippen LogP contribution >= 0.6 is 0 Å². The van der Waals surface area contributed by atoms with E-state index in [1.807, 2.05) is 6.08 Å². The van der Waals surface area contributed by atoms with Crippen molar-refractivity contribution in [3.05, 3.63) is 113 Å². The van der Waals surface area contributed by atoms with Crippen molar-refractivity contribution in [1.82, 2.24) is 0 Å². The predicted octanol–water partition coefficient (Wildman–Crippen LogP) is 8.15. The number of hydrogen-bond donors (Lipinski definition) is 0. The molecule has 0 bridgehead atoms. The van der Waals surface area contributed by atoms with Crippen LogP contribution in [0.5, 0.6) is 0 Å². The number of carbonyl (C=O) groups excluding carboxylic acids is 1. The van der Waals surface area contributed by atoms with E-state index in [1.165, 1.54) is 76.5 Å². The van der Waals surface area contributed by atoms with Gasteiger partial charge in [-0.1, -0.05) is 84.9 Å². The number of benzene rings is 6. The average Bonchev–Trinajstić information content (AvgIpc) is 2.90. The van der Waals surface area contributed by atoms with Gasteiger partial charge in [-0.15, -0.1) is 0 Å². The summed E-state index contributed by atoms with van der Waals surface area (Å²) in [7, 11) is 0. The quantitative estimate of drug-likeness (QED) is 0.170. The maximum Gasteiger partial charge on any atom is 0.167 e. The zero-order valence-corrected chi connectivity index (χ0v) is 19.1. The maximum atomic E-state index is 13.0. The first-order valence-electron chi connectivity index (χ1n) is 12.5. The van der Waals surface area contributed by atoms with Crippen LogP contribution in [0, 0.1) is 0 Å². The van der Waals surface area contributed by atoms with Gasteiger partial charge in [0.1, 0.15) is 0 Å². The van der Waals surface area contributed by atoms with Crippen molar-refractivity contribution >= 4 is 54.4 Å². The van der Waals surface area contributed by atoms with Crippen LogP contribution in [-0.4, -0.2) is 5.78 Å². The summed E-state index contributed by atoms with van der Waals surface area (Å²) in [6.45, 7) is 0. The van der Waals surface area contributed by atoms with Gasteiger partial charge in [-0.3, -0.25) is 4.79 Å². The fourth-order valence-corrected chi connectivity index (χ4v) is 7.25. The highest BCUT2D eigenvalue weighted by Crippen LogP contribution is 2.50. The van der Waals surface area contributed by atoms with E-state index in [2.05, 4.69) is 78.9 Å². The smallest absolute Gasteiger partial charge is 0.167 e. The summed E-state index contributed by atoms with van der Waals surface area (Å²) in [6, 6.07) is 27.3. The predicted molar refractivity (Wildman–Crippen MR) is 145 cm³/mol. The molecule has 3 aliphatic carbocycles. The molecule has 0 radical (unpaired) electrons. The Morgan fingerprint density at radius 3 is 1.91 bits per heavy atom. The van der Waals surface area contributed by atoms with Crippen molar-refractivity contribution in [2.24, 2.45) is 0 Å². The Kier molecular flexibility index (Phi) is 3.14. The summed E-state index contributed by atoms with van der Waals surface area (Å²) in [5, 5.41) is 10.7. The molecule has 0 aromatic heterocycles. The summed E-state index contributed by atoms with van der Waals surface area (Å²) in [6.07, 6.45) is 6.50. The highest BCUT2D eigenvalue weighted by Gasteiger charge is 2.28. The van der Waals surface area contributed by atoms with E-state index >= 15 is 0 Å². The second-order valence-electron chi connectivity index (χ2n) is 10.3. The molecule has 0 saturated carbocycles. The zero-order chi connectivity index (χ0) is 22.8. The molecule has 0 spiro atoms. The summed E-state index contributed by atoms with van der Waals surface area (Å²) < 4.78 is 0.